The van der Waals surface area contributed by atoms with E-state index in [1.165, 1.54) is 173 Å². The van der Waals surface area contributed by atoms with Gasteiger partial charge in [0.15, 0.2) is 12.4 Å². The summed E-state index contributed by atoms with van der Waals surface area (Å²) in [6.07, 6.45) is 108. The number of esters is 2. The maximum Gasteiger partial charge on any atom is 0.306 e. The van der Waals surface area contributed by atoms with E-state index in [9.17, 15) is 19.5 Å². The summed E-state index contributed by atoms with van der Waals surface area (Å²) in [7, 11) is 5.92. The van der Waals surface area contributed by atoms with E-state index in [0.29, 0.717) is 17.4 Å². The summed E-state index contributed by atoms with van der Waals surface area (Å²) in [5.74, 6) is -2.32. The Kier molecular flexibility index (Phi) is 72.1. The number of aliphatic carboxylic acids is 1. The van der Waals surface area contributed by atoms with E-state index in [0.717, 1.165) is 122 Å². The number of carboxylic acids is 1. The van der Waals surface area contributed by atoms with Gasteiger partial charge in [-0.05, 0) is 103 Å². The third-order valence-electron chi connectivity index (χ3n) is 16.9. The van der Waals surface area contributed by atoms with E-state index in [-0.39, 0.29) is 38.6 Å². The van der Waals surface area contributed by atoms with Gasteiger partial charge in [0.1, 0.15) is 13.2 Å². The lowest BCUT2D eigenvalue weighted by Crippen LogP contribution is -2.44. The molecule has 0 amide bonds. The van der Waals surface area contributed by atoms with Crippen molar-refractivity contribution in [2.75, 3.05) is 47.5 Å². The Labute approximate surface area is 592 Å². The molecule has 0 aromatic rings. The van der Waals surface area contributed by atoms with Gasteiger partial charge in [-0.2, -0.15) is 0 Å². The number of likely N-dealkylation sites (N-methyl/N-ethyl adjacent to an activating group) is 1. The second kappa shape index (κ2) is 75.9. The fourth-order valence-corrected chi connectivity index (χ4v) is 10.9. The van der Waals surface area contributed by atoms with Gasteiger partial charge in [-0.1, -0.05) is 359 Å². The number of quaternary nitrogens is 1. The summed E-state index contributed by atoms with van der Waals surface area (Å²) in [6.45, 7) is 4.63. The molecule has 0 aliphatic rings. The van der Waals surface area contributed by atoms with Gasteiger partial charge in [0.2, 0.25) is 0 Å². The summed E-state index contributed by atoms with van der Waals surface area (Å²) in [5.41, 5.74) is 0. The molecule has 0 bridgehead atoms. The first-order valence-electron chi connectivity index (χ1n) is 39.5. The van der Waals surface area contributed by atoms with Crippen molar-refractivity contribution in [3.63, 3.8) is 0 Å². The fraction of sp³-hybridized carbons (Fsp3) is 0.690. The summed E-state index contributed by atoms with van der Waals surface area (Å²) in [5, 5.41) is 11.9. The quantitative estimate of drug-likeness (QED) is 0.0195. The molecule has 0 radical (unpaired) electrons. The molecule has 96 heavy (non-hydrogen) atoms. The van der Waals surface area contributed by atoms with Crippen molar-refractivity contribution in [2.45, 2.75) is 341 Å². The number of carbonyl (C=O) groups excluding carboxylic acids is 3. The SMILES string of the molecule is CC/C=C\C/C=C\C/C=C\C/C=C\C/C=C\C/C=C\C/C=C\C/C=C\C/C=C\C/C=C\C/C=C\C/C=C\CCCCCCC(=O)OC(COC(=O)CCCCCCCCCCCCCCCCCCCCCCCCCCCCCCCC)COC(OCC[N+](C)(C)C)C(=O)[O-]. The summed E-state index contributed by atoms with van der Waals surface area (Å²) < 4.78 is 22.8. The maximum absolute atomic E-state index is 13.0. The third kappa shape index (κ3) is 76.5. The molecule has 0 fully saturated rings. The highest BCUT2D eigenvalue weighted by atomic mass is 16.7. The smallest absolute Gasteiger partial charge is 0.306 e. The number of allylic oxidation sites excluding steroid dienone is 24. The zero-order chi connectivity index (χ0) is 69.7. The number of carbonyl (C=O) groups is 3. The van der Waals surface area contributed by atoms with Crippen LogP contribution in [0.2, 0.25) is 0 Å². The van der Waals surface area contributed by atoms with Gasteiger partial charge >= 0.3 is 11.9 Å². The number of hydrogen-bond donors (Lipinski definition) is 0. The van der Waals surface area contributed by atoms with Crippen molar-refractivity contribution in [1.29, 1.82) is 0 Å². The number of ether oxygens (including phenoxy) is 4. The Morgan fingerprint density at radius 3 is 0.885 bits per heavy atom. The van der Waals surface area contributed by atoms with Crippen molar-refractivity contribution < 1.29 is 42.9 Å². The van der Waals surface area contributed by atoms with Crippen molar-refractivity contribution in [2.24, 2.45) is 0 Å². The molecule has 0 aliphatic carbocycles. The normalized spacial score (nSPS) is 13.5. The highest BCUT2D eigenvalue weighted by molar-refractivity contribution is 5.70. The largest absolute Gasteiger partial charge is 0.545 e. The predicted octanol–water partition coefficient (Wildman–Crippen LogP) is 24.1. The summed E-state index contributed by atoms with van der Waals surface area (Å²) in [4.78, 5) is 37.6. The number of rotatable bonds is 72. The molecule has 0 N–H and O–H groups in total. The molecule has 0 saturated carbocycles. The second-order valence-electron chi connectivity index (χ2n) is 27.3. The zero-order valence-electron chi connectivity index (χ0n) is 62.7. The number of carboxylic acid groups (broad SMARTS) is 1. The van der Waals surface area contributed by atoms with E-state index in [1.807, 2.05) is 21.1 Å². The minimum atomic E-state index is -1.64. The Bertz CT molecular complexity index is 2090. The van der Waals surface area contributed by atoms with E-state index in [1.54, 1.807) is 0 Å². The highest BCUT2D eigenvalue weighted by Crippen LogP contribution is 2.18. The average molecular weight is 1340 g/mol. The molecule has 0 aromatic heterocycles. The first-order valence-corrected chi connectivity index (χ1v) is 39.5. The van der Waals surface area contributed by atoms with Gasteiger partial charge in [0.25, 0.3) is 0 Å². The van der Waals surface area contributed by atoms with Crippen LogP contribution >= 0.6 is 0 Å². The lowest BCUT2D eigenvalue weighted by atomic mass is 10.0. The van der Waals surface area contributed by atoms with E-state index >= 15 is 0 Å². The van der Waals surface area contributed by atoms with Crippen LogP contribution in [0.3, 0.4) is 0 Å². The van der Waals surface area contributed by atoms with Gasteiger partial charge in [0.05, 0.1) is 40.3 Å². The third-order valence-corrected chi connectivity index (χ3v) is 16.9. The maximum atomic E-state index is 13.0. The van der Waals surface area contributed by atoms with E-state index < -0.39 is 24.3 Å². The van der Waals surface area contributed by atoms with Crippen LogP contribution in [0.1, 0.15) is 328 Å². The first-order chi connectivity index (χ1) is 47.1. The molecule has 2 unspecified atom stereocenters. The standard InChI is InChI=1S/C87H147NO8/c1-6-8-10-12-14-16-18-20-22-24-26-28-30-32-34-36-38-39-40-41-42-43-44-45-46-47-48-50-52-54-56-58-60-62-64-66-68-70-72-74-76-78-85(90)96-83(82-95-87(86(91)92)93-80-79-88(3,4)5)81-94-84(89)77-75-73-71-69-67-65-63-61-59-57-55-53-51-49-37-35-33-31-29-27-25-23-21-19-17-15-13-11-9-7-2/h8,10,14,16,20,22,26,28,32,34,38-39,41-42,44-45,47-48,52,54,58,60,64,66,83,87H,6-7,9,11-13,15,17-19,21,23-25,27,29-31,33,35-37,40,43,46,49-51,53,55-57,59,61-63,65,67-82H2,1-5H3/b10-8-,16-14-,22-20-,28-26-,34-32-,39-38-,42-41-,45-44-,48-47-,54-52-,60-58-,66-64-. The van der Waals surface area contributed by atoms with Crippen LogP contribution in [0, 0.1) is 0 Å². The van der Waals surface area contributed by atoms with Crippen molar-refractivity contribution >= 4 is 17.9 Å². The molecule has 9 heteroatoms. The Morgan fingerprint density at radius 1 is 0.323 bits per heavy atom. The minimum Gasteiger partial charge on any atom is -0.545 e. The number of nitrogens with zero attached hydrogens (tertiary/aromatic N) is 1. The first kappa shape index (κ1) is 91.2. The molecule has 9 nitrogen and oxygen atoms in total. The topological polar surface area (TPSA) is 111 Å². The van der Waals surface area contributed by atoms with Gasteiger partial charge < -0.3 is 33.3 Å². The lowest BCUT2D eigenvalue weighted by Gasteiger charge is -2.26. The molecule has 0 aromatic carbocycles. The van der Waals surface area contributed by atoms with Crippen LogP contribution in [0.5, 0.6) is 0 Å². The molecule has 0 rings (SSSR count). The molecular formula is C87H147NO8. The van der Waals surface area contributed by atoms with Gasteiger partial charge in [0, 0.05) is 12.8 Å². The number of unbranched alkanes of at least 4 members (excludes halogenated alkanes) is 33. The van der Waals surface area contributed by atoms with E-state index in [4.69, 9.17) is 18.9 Å². The van der Waals surface area contributed by atoms with Gasteiger partial charge in [-0.25, -0.2) is 0 Å². The predicted molar refractivity (Wildman–Crippen MR) is 412 cm³/mol. The van der Waals surface area contributed by atoms with Crippen LogP contribution in [0.4, 0.5) is 0 Å². The molecule has 0 aliphatic heterocycles. The fourth-order valence-electron chi connectivity index (χ4n) is 10.9. The molecule has 0 heterocycles. The lowest BCUT2D eigenvalue weighted by molar-refractivity contribution is -0.870. The molecular weight excluding hydrogens is 1190 g/mol. The van der Waals surface area contributed by atoms with Gasteiger partial charge in [-0.15, -0.1) is 0 Å². The Morgan fingerprint density at radius 2 is 0.594 bits per heavy atom. The molecule has 548 valence electrons. The van der Waals surface area contributed by atoms with Crippen LogP contribution in [-0.4, -0.2) is 82.3 Å². The Hall–Kier alpha value is -4.83. The van der Waals surface area contributed by atoms with Crippen molar-refractivity contribution in [3.05, 3.63) is 146 Å². The number of hydrogen-bond acceptors (Lipinski definition) is 8. The highest BCUT2D eigenvalue weighted by Gasteiger charge is 2.22. The van der Waals surface area contributed by atoms with Crippen LogP contribution < -0.4 is 5.11 Å². The van der Waals surface area contributed by atoms with Crippen molar-refractivity contribution in [3.8, 4) is 0 Å². The van der Waals surface area contributed by atoms with Crippen LogP contribution in [0.25, 0.3) is 0 Å². The Balaban J connectivity index is 4.16. The molecule has 0 spiro atoms. The summed E-state index contributed by atoms with van der Waals surface area (Å²) >= 11 is 0. The molecule has 2 atom stereocenters. The van der Waals surface area contributed by atoms with Crippen LogP contribution in [-0.2, 0) is 33.3 Å². The molecule has 0 saturated heterocycles. The second-order valence-corrected chi connectivity index (χ2v) is 27.3. The average Bonchev–Trinajstić information content (AvgIpc) is 2.59. The van der Waals surface area contributed by atoms with Crippen molar-refractivity contribution in [1.82, 2.24) is 0 Å². The minimum absolute atomic E-state index is 0.137. The zero-order valence-corrected chi connectivity index (χ0v) is 62.7. The van der Waals surface area contributed by atoms with Gasteiger partial charge in [-0.3, -0.25) is 9.59 Å². The van der Waals surface area contributed by atoms with E-state index in [2.05, 4.69) is 160 Å². The van der Waals surface area contributed by atoms with Crippen LogP contribution in [0.15, 0.2) is 146 Å². The monoisotopic (exact) mass is 1330 g/mol. The summed E-state index contributed by atoms with van der Waals surface area (Å²) in [6, 6.07) is 0.